The molecule has 0 radical (unpaired) electrons. The molecule has 0 saturated heterocycles. The molecular weight excluding hydrogens is 676 g/mol. The van der Waals surface area contributed by atoms with Gasteiger partial charge >= 0.3 is 0 Å². The molecule has 2 aliphatic carbocycles. The number of carboxylic acid groups (broad SMARTS) is 1. The molecule has 0 bridgehead atoms. The fraction of sp³-hybridized carbons (Fsp3) is 0.417. The topological polar surface area (TPSA) is 188 Å². The molecule has 2 heterocycles. The van der Waals surface area contributed by atoms with Crippen LogP contribution in [0.3, 0.4) is 0 Å². The molecule has 51 heavy (non-hydrogen) atoms. The molecule has 0 atom stereocenters. The molecule has 6 rings (SSSR count). The van der Waals surface area contributed by atoms with E-state index >= 15 is 0 Å². The highest BCUT2D eigenvalue weighted by Crippen LogP contribution is 2.35. The Labute approximate surface area is 304 Å². The van der Waals surface area contributed by atoms with Gasteiger partial charge < -0.3 is 45.7 Å². The monoisotopic (exact) mass is 724 g/mol. The average Bonchev–Trinajstić information content (AvgIpc) is 4.02. The Balaban J connectivity index is 0.000000212. The number of aromatic nitrogens is 4. The maximum absolute atomic E-state index is 9.00. The lowest BCUT2D eigenvalue weighted by Crippen LogP contribution is -2.08. The van der Waals surface area contributed by atoms with Gasteiger partial charge in [-0.3, -0.25) is 4.79 Å². The van der Waals surface area contributed by atoms with E-state index in [1.807, 2.05) is 52.1 Å². The molecule has 0 unspecified atom stereocenters. The molecule has 14 nitrogen and oxygen atoms in total. The van der Waals surface area contributed by atoms with Crippen molar-refractivity contribution in [2.24, 2.45) is 0 Å². The summed E-state index contributed by atoms with van der Waals surface area (Å²) in [5.74, 6) is 4.32. The van der Waals surface area contributed by atoms with Crippen molar-refractivity contribution in [3.8, 4) is 23.0 Å². The maximum atomic E-state index is 9.00. The standard InChI is InChI=1S/C17H22N4O2.C9H13NO2.C8H10ClN3.C2H4O2/c1-10-7-13(8-14(22-3)15(10)23-4)20-17-18-9-11(2)16(21-17)19-12-5-6-12;1-6-4-7(10)5-8(11-2)9(6)12-3;1-5-4-10-8(9)12-7(5)11-6-2-3-6;1-2(3)4/h7-9,12H,5-6H2,1-4H3,(H2,18,19,20,21);4-5H,10H2,1-3H3;4,6H,2-3H2,1H3,(H,10,11,12);1H3,(H,3,4). The van der Waals surface area contributed by atoms with Crippen LogP contribution in [0.4, 0.5) is 29.0 Å². The van der Waals surface area contributed by atoms with E-state index in [4.69, 9.17) is 46.2 Å². The molecule has 2 aromatic carbocycles. The highest BCUT2D eigenvalue weighted by Gasteiger charge is 2.23. The van der Waals surface area contributed by atoms with Crippen LogP contribution >= 0.6 is 11.6 Å². The third-order valence-corrected chi connectivity index (χ3v) is 7.54. The van der Waals surface area contributed by atoms with Gasteiger partial charge in [-0.25, -0.2) is 15.0 Å². The predicted octanol–water partition coefficient (Wildman–Crippen LogP) is 7.13. The fourth-order valence-electron chi connectivity index (χ4n) is 4.59. The van der Waals surface area contributed by atoms with Gasteiger partial charge in [-0.2, -0.15) is 4.98 Å². The summed E-state index contributed by atoms with van der Waals surface area (Å²) in [6, 6.07) is 8.61. The van der Waals surface area contributed by atoms with E-state index < -0.39 is 5.97 Å². The lowest BCUT2D eigenvalue weighted by atomic mass is 10.2. The van der Waals surface area contributed by atoms with Gasteiger partial charge in [-0.05, 0) is 88.2 Å². The molecule has 0 aliphatic heterocycles. The number of aryl methyl sites for hydroxylation is 4. The number of hydrogen-bond acceptors (Lipinski definition) is 13. The molecule has 276 valence electrons. The number of nitrogen functional groups attached to an aromatic ring is 1. The highest BCUT2D eigenvalue weighted by atomic mass is 35.5. The van der Waals surface area contributed by atoms with Crippen molar-refractivity contribution in [3.63, 3.8) is 0 Å². The minimum atomic E-state index is -0.833. The third kappa shape index (κ3) is 13.2. The summed E-state index contributed by atoms with van der Waals surface area (Å²) >= 11 is 5.66. The maximum Gasteiger partial charge on any atom is 0.300 e. The van der Waals surface area contributed by atoms with Crippen LogP contribution in [0.5, 0.6) is 23.0 Å². The van der Waals surface area contributed by atoms with Crippen LogP contribution in [0.1, 0.15) is 54.9 Å². The van der Waals surface area contributed by atoms with E-state index in [-0.39, 0.29) is 0 Å². The summed E-state index contributed by atoms with van der Waals surface area (Å²) in [6.07, 6.45) is 8.46. The molecule has 15 heteroatoms. The number of nitrogens with two attached hydrogens (primary N) is 1. The normalized spacial score (nSPS) is 12.7. The molecule has 2 aromatic heterocycles. The first-order chi connectivity index (χ1) is 24.3. The summed E-state index contributed by atoms with van der Waals surface area (Å²) in [4.78, 5) is 25.9. The largest absolute Gasteiger partial charge is 0.493 e. The van der Waals surface area contributed by atoms with Crippen molar-refractivity contribution in [1.29, 1.82) is 0 Å². The average molecular weight is 725 g/mol. The van der Waals surface area contributed by atoms with Gasteiger partial charge in [-0.15, -0.1) is 0 Å². The van der Waals surface area contributed by atoms with Crippen molar-refractivity contribution < 1.29 is 28.8 Å². The Kier molecular flexibility index (Phi) is 15.2. The lowest BCUT2D eigenvalue weighted by molar-refractivity contribution is -0.134. The molecule has 0 amide bonds. The zero-order valence-electron chi connectivity index (χ0n) is 30.7. The summed E-state index contributed by atoms with van der Waals surface area (Å²) in [6.45, 7) is 8.97. The van der Waals surface area contributed by atoms with Gasteiger partial charge in [0, 0.05) is 66.0 Å². The van der Waals surface area contributed by atoms with Gasteiger partial charge in [0.1, 0.15) is 11.6 Å². The van der Waals surface area contributed by atoms with E-state index in [2.05, 4.69) is 35.9 Å². The van der Waals surface area contributed by atoms with Crippen LogP contribution in [-0.4, -0.2) is 71.5 Å². The summed E-state index contributed by atoms with van der Waals surface area (Å²) in [7, 11) is 6.47. The minimum absolute atomic E-state index is 0.309. The van der Waals surface area contributed by atoms with Crippen LogP contribution in [0, 0.1) is 27.7 Å². The van der Waals surface area contributed by atoms with E-state index in [0.717, 1.165) is 58.0 Å². The number of carbonyl (C=O) groups is 1. The van der Waals surface area contributed by atoms with Crippen molar-refractivity contribution in [2.45, 2.75) is 72.4 Å². The van der Waals surface area contributed by atoms with Gasteiger partial charge in [0.15, 0.2) is 23.0 Å². The number of hydrogen-bond donors (Lipinski definition) is 5. The Bertz CT molecular complexity index is 1760. The second-order valence-electron chi connectivity index (χ2n) is 12.0. The molecular formula is C36H49ClN8O6. The van der Waals surface area contributed by atoms with E-state index in [1.54, 1.807) is 40.7 Å². The fourth-order valence-corrected chi connectivity index (χ4v) is 4.73. The summed E-state index contributed by atoms with van der Waals surface area (Å²) in [5.41, 5.74) is 11.2. The van der Waals surface area contributed by atoms with Crippen LogP contribution in [0.15, 0.2) is 36.7 Å². The molecule has 0 spiro atoms. The quantitative estimate of drug-likeness (QED) is 0.0821. The number of halogens is 1. The highest BCUT2D eigenvalue weighted by molar-refractivity contribution is 6.28. The second kappa shape index (κ2) is 19.2. The van der Waals surface area contributed by atoms with E-state index in [0.29, 0.717) is 40.5 Å². The molecule has 2 aliphatic rings. The Morgan fingerprint density at radius 2 is 1.22 bits per heavy atom. The van der Waals surface area contributed by atoms with Crippen molar-refractivity contribution in [3.05, 3.63) is 64.2 Å². The summed E-state index contributed by atoms with van der Waals surface area (Å²) in [5, 5.41) is 17.7. The molecule has 4 aromatic rings. The van der Waals surface area contributed by atoms with Crippen LogP contribution < -0.4 is 40.6 Å². The number of carboxylic acids is 1. The lowest BCUT2D eigenvalue weighted by Gasteiger charge is -2.14. The predicted molar refractivity (Wildman–Crippen MR) is 201 cm³/mol. The van der Waals surface area contributed by atoms with Gasteiger partial charge in [0.25, 0.3) is 5.97 Å². The Hall–Kier alpha value is -5.24. The zero-order chi connectivity index (χ0) is 37.7. The number of nitrogens with zero attached hydrogens (tertiary/aromatic N) is 4. The number of anilines is 5. The number of rotatable bonds is 10. The van der Waals surface area contributed by atoms with Crippen LogP contribution in [0.2, 0.25) is 5.28 Å². The molecule has 2 fully saturated rings. The first kappa shape index (κ1) is 40.2. The smallest absolute Gasteiger partial charge is 0.300 e. The number of ether oxygens (including phenoxy) is 4. The Morgan fingerprint density at radius 3 is 1.71 bits per heavy atom. The second-order valence-corrected chi connectivity index (χ2v) is 12.3. The van der Waals surface area contributed by atoms with Crippen LogP contribution in [0.25, 0.3) is 0 Å². The minimum Gasteiger partial charge on any atom is -0.493 e. The SMILES string of the molecule is CC(=O)O.COc1cc(N)cc(C)c1OC.COc1cc(Nc2ncc(C)c(NC3CC3)n2)cc(C)c1OC.Cc1cnc(Cl)nc1NC1CC1. The van der Waals surface area contributed by atoms with Gasteiger partial charge in [0.05, 0.1) is 28.4 Å². The van der Waals surface area contributed by atoms with Crippen LogP contribution in [-0.2, 0) is 4.79 Å². The van der Waals surface area contributed by atoms with E-state index in [1.165, 1.54) is 25.7 Å². The molecule has 2 saturated carbocycles. The Morgan fingerprint density at radius 1 is 0.745 bits per heavy atom. The third-order valence-electron chi connectivity index (χ3n) is 7.36. The zero-order valence-corrected chi connectivity index (χ0v) is 31.4. The number of nitrogens with one attached hydrogen (secondary N) is 3. The van der Waals surface area contributed by atoms with Gasteiger partial charge in [0.2, 0.25) is 11.2 Å². The van der Waals surface area contributed by atoms with Gasteiger partial charge in [-0.1, -0.05) is 0 Å². The van der Waals surface area contributed by atoms with Crippen molar-refractivity contribution in [1.82, 2.24) is 19.9 Å². The number of aliphatic carboxylic acids is 1. The first-order valence-corrected chi connectivity index (χ1v) is 16.7. The number of methoxy groups -OCH3 is 4. The number of benzene rings is 2. The first-order valence-electron chi connectivity index (χ1n) is 16.3. The molecule has 6 N–H and O–H groups in total. The van der Waals surface area contributed by atoms with Crippen molar-refractivity contribution in [2.75, 3.05) is 50.1 Å². The van der Waals surface area contributed by atoms with E-state index in [9.17, 15) is 0 Å². The van der Waals surface area contributed by atoms with Crippen molar-refractivity contribution >= 4 is 46.5 Å². The summed E-state index contributed by atoms with van der Waals surface area (Å²) < 4.78 is 21.0.